The van der Waals surface area contributed by atoms with E-state index in [0.717, 1.165) is 54.0 Å². The number of aromatic nitrogens is 1. The summed E-state index contributed by atoms with van der Waals surface area (Å²) in [5, 5.41) is 2.34. The van der Waals surface area contributed by atoms with Crippen LogP contribution in [-0.2, 0) is 27.1 Å². The minimum Gasteiger partial charge on any atom is -0.372 e. The number of para-hydroxylation sites is 1. The molecular formula is C33H27Cl2F3N4O4S2. The average molecular weight is 736 g/mol. The van der Waals surface area contributed by atoms with Crippen molar-refractivity contribution in [3.8, 4) is 0 Å². The average Bonchev–Trinajstić information content (AvgIpc) is 3.49. The van der Waals surface area contributed by atoms with Gasteiger partial charge in [0.15, 0.2) is 0 Å². The predicted molar refractivity (Wildman–Crippen MR) is 183 cm³/mol. The zero-order valence-corrected chi connectivity index (χ0v) is 28.5. The molecule has 0 bridgehead atoms. The summed E-state index contributed by atoms with van der Waals surface area (Å²) in [4.78, 5) is 57.5. The van der Waals surface area contributed by atoms with E-state index in [1.165, 1.54) is 28.8 Å². The highest BCUT2D eigenvalue weighted by molar-refractivity contribution is 8.00. The third-order valence-corrected chi connectivity index (χ3v) is 11.7. The molecule has 0 aliphatic carbocycles. The number of amides is 3. The first kappa shape index (κ1) is 34.1. The van der Waals surface area contributed by atoms with Gasteiger partial charge >= 0.3 is 11.0 Å². The van der Waals surface area contributed by atoms with Crippen LogP contribution in [0.5, 0.6) is 0 Å². The Morgan fingerprint density at radius 2 is 1.62 bits per heavy atom. The van der Waals surface area contributed by atoms with Crippen molar-refractivity contribution in [1.82, 2.24) is 4.57 Å². The molecule has 250 valence electrons. The summed E-state index contributed by atoms with van der Waals surface area (Å²) in [6, 6.07) is 16.4. The van der Waals surface area contributed by atoms with Gasteiger partial charge in [0.2, 0.25) is 17.7 Å². The van der Waals surface area contributed by atoms with Gasteiger partial charge in [-0.2, -0.15) is 13.2 Å². The maximum atomic E-state index is 14.2. The van der Waals surface area contributed by atoms with Crippen molar-refractivity contribution in [3.63, 3.8) is 0 Å². The molecule has 0 spiro atoms. The number of halogens is 5. The van der Waals surface area contributed by atoms with Gasteiger partial charge in [-0.1, -0.05) is 70.6 Å². The molecule has 4 aromatic rings. The van der Waals surface area contributed by atoms with E-state index >= 15 is 0 Å². The number of fused-ring (bicyclic) bond motifs is 2. The van der Waals surface area contributed by atoms with E-state index in [9.17, 15) is 32.3 Å². The fourth-order valence-electron chi connectivity index (χ4n) is 6.16. The van der Waals surface area contributed by atoms with Crippen LogP contribution in [0.4, 0.5) is 30.2 Å². The van der Waals surface area contributed by atoms with Gasteiger partial charge in [-0.05, 0) is 61.9 Å². The number of nitrogens with one attached hydrogen (secondary N) is 1. The first-order chi connectivity index (χ1) is 22.8. The summed E-state index contributed by atoms with van der Waals surface area (Å²) in [6.07, 6.45) is -4.82. The minimum absolute atomic E-state index is 0.220. The lowest BCUT2D eigenvalue weighted by molar-refractivity contribution is -0.137. The summed E-state index contributed by atoms with van der Waals surface area (Å²) < 4.78 is 43.4. The molecule has 3 aromatic carbocycles. The largest absolute Gasteiger partial charge is 0.418 e. The number of carbonyl (C=O) groups is 3. The number of rotatable bonds is 8. The van der Waals surface area contributed by atoms with Crippen molar-refractivity contribution in [1.29, 1.82) is 0 Å². The van der Waals surface area contributed by atoms with E-state index in [0.29, 0.717) is 31.1 Å². The Balaban J connectivity index is 1.43. The fourth-order valence-corrected chi connectivity index (χ4v) is 9.23. The lowest BCUT2D eigenvalue weighted by atomic mass is 9.83. The van der Waals surface area contributed by atoms with Crippen LogP contribution in [-0.4, -0.2) is 40.6 Å². The fraction of sp³-hybridized carbons (Fsp3) is 0.273. The Labute approximate surface area is 291 Å². The molecule has 2 aliphatic rings. The summed E-state index contributed by atoms with van der Waals surface area (Å²) in [5.74, 6) is -4.12. The molecule has 3 unspecified atom stereocenters. The van der Waals surface area contributed by atoms with E-state index in [1.807, 2.05) is 38.1 Å². The van der Waals surface area contributed by atoms with Crippen LogP contribution in [0.2, 0.25) is 10.0 Å². The lowest BCUT2D eigenvalue weighted by Crippen LogP contribution is -2.33. The van der Waals surface area contributed by atoms with Crippen molar-refractivity contribution in [2.45, 2.75) is 42.8 Å². The number of carbonyl (C=O) groups excluding carboxylic acids is 3. The van der Waals surface area contributed by atoms with Crippen molar-refractivity contribution in [2.75, 3.05) is 28.2 Å². The van der Waals surface area contributed by atoms with Crippen LogP contribution in [0.25, 0.3) is 0 Å². The highest BCUT2D eigenvalue weighted by Gasteiger charge is 2.57. The van der Waals surface area contributed by atoms with E-state index in [4.69, 9.17) is 23.2 Å². The Morgan fingerprint density at radius 1 is 0.938 bits per heavy atom. The second-order valence-electron chi connectivity index (χ2n) is 11.1. The van der Waals surface area contributed by atoms with Gasteiger partial charge in [0, 0.05) is 35.3 Å². The number of thioether (sulfide) groups is 1. The minimum atomic E-state index is -4.82. The number of thiazole rings is 1. The molecule has 3 amide bonds. The molecule has 3 heterocycles. The smallest absolute Gasteiger partial charge is 0.372 e. The molecule has 1 fully saturated rings. The maximum absolute atomic E-state index is 14.2. The van der Waals surface area contributed by atoms with Gasteiger partial charge in [0.05, 0.1) is 32.2 Å². The number of alkyl halides is 3. The second-order valence-corrected chi connectivity index (χ2v) is 14.1. The zero-order chi connectivity index (χ0) is 34.5. The monoisotopic (exact) mass is 734 g/mol. The van der Waals surface area contributed by atoms with Crippen molar-refractivity contribution < 1.29 is 27.6 Å². The molecule has 0 radical (unpaired) electrons. The van der Waals surface area contributed by atoms with E-state index in [1.54, 1.807) is 6.07 Å². The molecule has 48 heavy (non-hydrogen) atoms. The molecule has 6 rings (SSSR count). The third-order valence-electron chi connectivity index (χ3n) is 8.39. The van der Waals surface area contributed by atoms with Gasteiger partial charge in [0.1, 0.15) is 11.8 Å². The summed E-state index contributed by atoms with van der Waals surface area (Å²) in [6.45, 7) is 5.10. The molecule has 3 atom stereocenters. The van der Waals surface area contributed by atoms with Gasteiger partial charge in [-0.15, -0.1) is 0 Å². The van der Waals surface area contributed by atoms with Crippen molar-refractivity contribution in [3.05, 3.63) is 102 Å². The van der Waals surface area contributed by atoms with Gasteiger partial charge in [0.25, 0.3) is 0 Å². The normalized spacial score (nSPS) is 18.9. The molecule has 0 saturated carbocycles. The van der Waals surface area contributed by atoms with Crippen LogP contribution >= 0.6 is 46.3 Å². The molecule has 1 aromatic heterocycles. The number of anilines is 3. The topological polar surface area (TPSA) is 91.7 Å². The number of nitrogens with zero attached hydrogens (tertiary/aromatic N) is 3. The predicted octanol–water partition coefficient (Wildman–Crippen LogP) is 7.52. The first-order valence-electron chi connectivity index (χ1n) is 14.9. The number of benzene rings is 3. The van der Waals surface area contributed by atoms with E-state index < -0.39 is 63.7 Å². The van der Waals surface area contributed by atoms with Crippen LogP contribution < -0.4 is 20.0 Å². The Morgan fingerprint density at radius 3 is 2.27 bits per heavy atom. The zero-order valence-electron chi connectivity index (χ0n) is 25.4. The SMILES string of the molecule is CCN(CC)c1ccc(C2c3sc(=O)n(CC(=O)Nc4ccc(Cl)c(Cl)c4)c3SC3C(=O)N(c4ccccc4C(F)(F)F)C(=O)C32)cc1. The van der Waals surface area contributed by atoms with Crippen LogP contribution in [0.15, 0.2) is 76.6 Å². The van der Waals surface area contributed by atoms with Gasteiger partial charge in [-0.25, -0.2) is 4.90 Å². The highest BCUT2D eigenvalue weighted by Crippen LogP contribution is 2.54. The molecule has 2 aliphatic heterocycles. The Bertz CT molecular complexity index is 1980. The quantitative estimate of drug-likeness (QED) is 0.189. The number of hydrogen-bond acceptors (Lipinski definition) is 7. The Hall–Kier alpha value is -3.78. The molecule has 8 nitrogen and oxygen atoms in total. The van der Waals surface area contributed by atoms with Crippen LogP contribution in [0, 0.1) is 5.92 Å². The van der Waals surface area contributed by atoms with Gasteiger partial charge < -0.3 is 10.2 Å². The van der Waals surface area contributed by atoms with Crippen LogP contribution in [0.3, 0.4) is 0 Å². The molecule has 1 N–H and O–H groups in total. The van der Waals surface area contributed by atoms with E-state index in [2.05, 4.69) is 10.2 Å². The Kier molecular flexibility index (Phi) is 9.42. The van der Waals surface area contributed by atoms with Crippen molar-refractivity contribution >= 4 is 81.1 Å². The number of imide groups is 1. The van der Waals surface area contributed by atoms with Crippen molar-refractivity contribution in [2.24, 2.45) is 5.92 Å². The lowest BCUT2D eigenvalue weighted by Gasteiger charge is -2.31. The van der Waals surface area contributed by atoms with Gasteiger partial charge in [-0.3, -0.25) is 23.7 Å². The highest BCUT2D eigenvalue weighted by atomic mass is 35.5. The van der Waals surface area contributed by atoms with E-state index in [-0.39, 0.29) is 5.02 Å². The summed E-state index contributed by atoms with van der Waals surface area (Å²) >= 11 is 13.8. The third kappa shape index (κ3) is 6.13. The molecule has 1 saturated heterocycles. The summed E-state index contributed by atoms with van der Waals surface area (Å²) in [7, 11) is 0. The van der Waals surface area contributed by atoms with Crippen LogP contribution in [0.1, 0.15) is 35.8 Å². The summed E-state index contributed by atoms with van der Waals surface area (Å²) in [5.41, 5.74) is 0.225. The number of hydrogen-bond donors (Lipinski definition) is 1. The maximum Gasteiger partial charge on any atom is 0.418 e. The molecular weight excluding hydrogens is 708 g/mol. The molecule has 15 heteroatoms. The standard InChI is InChI=1S/C33H27Cl2F3N4O4S2/c1-3-40(4-2)19-12-9-17(10-13-19)25-26-27(30(45)42(29(26)44)23-8-6-5-7-20(23)33(36,37)38)47-31-28(25)48-32(46)41(31)16-24(43)39-18-11-14-21(34)22(35)15-18/h5-15,25-27H,3-4,16H2,1-2H3,(H,39,43). The first-order valence-corrected chi connectivity index (χ1v) is 17.3. The second kappa shape index (κ2) is 13.3.